The van der Waals surface area contributed by atoms with Crippen LogP contribution in [0.25, 0.3) is 0 Å². The van der Waals surface area contributed by atoms with Crippen molar-refractivity contribution in [2.45, 2.75) is 13.3 Å². The number of nitrogens with zero attached hydrogens (tertiary/aromatic N) is 1. The van der Waals surface area contributed by atoms with Crippen LogP contribution in [0.1, 0.15) is 21.5 Å². The number of nitrogens with one attached hydrogen (secondary N) is 1. The van der Waals surface area contributed by atoms with Gasteiger partial charge < -0.3 is 10.1 Å². The van der Waals surface area contributed by atoms with Crippen molar-refractivity contribution in [1.29, 1.82) is 0 Å². The van der Waals surface area contributed by atoms with Crippen LogP contribution in [0.3, 0.4) is 0 Å². The van der Waals surface area contributed by atoms with Crippen molar-refractivity contribution in [2.24, 2.45) is 0 Å². The van der Waals surface area contributed by atoms with Crippen molar-refractivity contribution in [3.8, 4) is 5.75 Å². The zero-order valence-corrected chi connectivity index (χ0v) is 13.0. The Morgan fingerprint density at radius 2 is 1.96 bits per heavy atom. The summed E-state index contributed by atoms with van der Waals surface area (Å²) < 4.78 is 5.26. The van der Waals surface area contributed by atoms with E-state index >= 15 is 0 Å². The lowest BCUT2D eigenvalue weighted by atomic mass is 10.1. The Kier molecular flexibility index (Phi) is 5.30. The van der Waals surface area contributed by atoms with E-state index in [1.165, 1.54) is 12.1 Å². The van der Waals surface area contributed by atoms with Gasteiger partial charge in [-0.15, -0.1) is 0 Å². The second-order valence-corrected chi connectivity index (χ2v) is 5.02. The molecule has 0 radical (unpaired) electrons. The minimum atomic E-state index is -0.485. The minimum absolute atomic E-state index is 0.0534. The molecule has 0 fully saturated rings. The SMILES string of the molecule is COc1ccccc1CCNC(=O)c1cccc([N+](=O)[O-])c1C. The number of hydrogen-bond donors (Lipinski definition) is 1. The highest BCUT2D eigenvalue weighted by Gasteiger charge is 2.17. The first-order valence-corrected chi connectivity index (χ1v) is 7.18. The van der Waals surface area contributed by atoms with Crippen molar-refractivity contribution in [3.05, 3.63) is 69.3 Å². The second kappa shape index (κ2) is 7.40. The van der Waals surface area contributed by atoms with Gasteiger partial charge in [-0.25, -0.2) is 0 Å². The molecule has 23 heavy (non-hydrogen) atoms. The van der Waals surface area contributed by atoms with Crippen LogP contribution < -0.4 is 10.1 Å². The molecule has 6 heteroatoms. The van der Waals surface area contributed by atoms with Crippen LogP contribution in [0.4, 0.5) is 5.69 Å². The fraction of sp³-hybridized carbons (Fsp3) is 0.235. The van der Waals surface area contributed by atoms with Crippen molar-refractivity contribution in [1.82, 2.24) is 5.32 Å². The van der Waals surface area contributed by atoms with Crippen LogP contribution in [0, 0.1) is 17.0 Å². The van der Waals surface area contributed by atoms with E-state index in [4.69, 9.17) is 4.74 Å². The third-order valence-corrected chi connectivity index (χ3v) is 3.62. The molecule has 0 bridgehead atoms. The molecule has 0 aliphatic heterocycles. The molecule has 0 heterocycles. The highest BCUT2D eigenvalue weighted by molar-refractivity contribution is 5.96. The highest BCUT2D eigenvalue weighted by Crippen LogP contribution is 2.21. The van der Waals surface area contributed by atoms with Gasteiger partial charge in [0.25, 0.3) is 11.6 Å². The first kappa shape index (κ1) is 16.5. The van der Waals surface area contributed by atoms with Crippen LogP contribution >= 0.6 is 0 Å². The molecular weight excluding hydrogens is 296 g/mol. The van der Waals surface area contributed by atoms with Crippen molar-refractivity contribution in [3.63, 3.8) is 0 Å². The maximum absolute atomic E-state index is 12.2. The summed E-state index contributed by atoms with van der Waals surface area (Å²) in [5, 5.41) is 13.7. The molecule has 0 saturated carbocycles. The Labute approximate surface area is 134 Å². The molecular formula is C17H18N2O4. The summed E-state index contributed by atoms with van der Waals surface area (Å²) in [5.41, 5.74) is 1.62. The van der Waals surface area contributed by atoms with Crippen molar-refractivity contribution >= 4 is 11.6 Å². The molecule has 2 aromatic rings. The van der Waals surface area contributed by atoms with Gasteiger partial charge in [0, 0.05) is 23.7 Å². The molecule has 0 aromatic heterocycles. The quantitative estimate of drug-likeness (QED) is 0.656. The maximum atomic E-state index is 12.2. The first-order chi connectivity index (χ1) is 11.0. The van der Waals surface area contributed by atoms with Gasteiger partial charge >= 0.3 is 0 Å². The smallest absolute Gasteiger partial charge is 0.273 e. The summed E-state index contributed by atoms with van der Waals surface area (Å²) in [6.07, 6.45) is 0.615. The average Bonchev–Trinajstić information content (AvgIpc) is 2.55. The molecule has 2 aromatic carbocycles. The Hall–Kier alpha value is -2.89. The average molecular weight is 314 g/mol. The monoisotopic (exact) mass is 314 g/mol. The Balaban J connectivity index is 2.03. The molecule has 0 unspecified atom stereocenters. The van der Waals surface area contributed by atoms with E-state index in [1.807, 2.05) is 24.3 Å². The van der Waals surface area contributed by atoms with Gasteiger partial charge in [-0.1, -0.05) is 24.3 Å². The normalized spacial score (nSPS) is 10.2. The summed E-state index contributed by atoms with van der Waals surface area (Å²) in [4.78, 5) is 22.7. The largest absolute Gasteiger partial charge is 0.496 e. The summed E-state index contributed by atoms with van der Waals surface area (Å²) in [6.45, 7) is 1.99. The van der Waals surface area contributed by atoms with Crippen LogP contribution in [0.15, 0.2) is 42.5 Å². The zero-order chi connectivity index (χ0) is 16.8. The topological polar surface area (TPSA) is 81.5 Å². The lowest BCUT2D eigenvalue weighted by molar-refractivity contribution is -0.385. The number of carbonyl (C=O) groups excluding carboxylic acids is 1. The fourth-order valence-corrected chi connectivity index (χ4v) is 2.38. The van der Waals surface area contributed by atoms with Crippen LogP contribution in [0.2, 0.25) is 0 Å². The lowest BCUT2D eigenvalue weighted by Gasteiger charge is -2.10. The number of amides is 1. The number of para-hydroxylation sites is 1. The molecule has 2 rings (SSSR count). The molecule has 0 atom stereocenters. The summed E-state index contributed by atoms with van der Waals surface area (Å²) in [5.74, 6) is 0.453. The fourth-order valence-electron chi connectivity index (χ4n) is 2.38. The number of nitro benzene ring substituents is 1. The van der Waals surface area contributed by atoms with Crippen LogP contribution in [0.5, 0.6) is 5.75 Å². The predicted octanol–water partition coefficient (Wildman–Crippen LogP) is 2.88. The summed E-state index contributed by atoms with van der Waals surface area (Å²) >= 11 is 0. The third kappa shape index (κ3) is 3.85. The molecule has 0 aliphatic carbocycles. The number of rotatable bonds is 6. The van der Waals surface area contributed by atoms with Crippen LogP contribution in [-0.2, 0) is 6.42 Å². The summed E-state index contributed by atoms with van der Waals surface area (Å²) in [7, 11) is 1.60. The van der Waals surface area contributed by atoms with Gasteiger partial charge in [0.1, 0.15) is 5.75 Å². The molecule has 0 spiro atoms. The molecule has 0 saturated heterocycles. The Bertz CT molecular complexity index is 728. The third-order valence-electron chi connectivity index (χ3n) is 3.62. The Morgan fingerprint density at radius 3 is 2.65 bits per heavy atom. The number of carbonyl (C=O) groups is 1. The molecule has 1 amide bonds. The van der Waals surface area contributed by atoms with Gasteiger partial charge in [-0.3, -0.25) is 14.9 Å². The van der Waals surface area contributed by atoms with E-state index in [1.54, 1.807) is 20.1 Å². The van der Waals surface area contributed by atoms with Gasteiger partial charge in [0.15, 0.2) is 0 Å². The van der Waals surface area contributed by atoms with Gasteiger partial charge in [-0.2, -0.15) is 0 Å². The minimum Gasteiger partial charge on any atom is -0.496 e. The van der Waals surface area contributed by atoms with E-state index in [9.17, 15) is 14.9 Å². The van der Waals surface area contributed by atoms with E-state index in [-0.39, 0.29) is 11.6 Å². The standard InChI is InChI=1S/C17H18N2O4/c1-12-14(7-5-8-15(12)19(21)22)17(20)18-11-10-13-6-3-4-9-16(13)23-2/h3-9H,10-11H2,1-2H3,(H,18,20). The Morgan fingerprint density at radius 1 is 1.22 bits per heavy atom. The van der Waals surface area contributed by atoms with E-state index < -0.39 is 4.92 Å². The second-order valence-electron chi connectivity index (χ2n) is 5.02. The number of methoxy groups -OCH3 is 1. The number of nitro groups is 1. The summed E-state index contributed by atoms with van der Waals surface area (Å²) in [6, 6.07) is 12.1. The number of benzene rings is 2. The number of ether oxygens (including phenoxy) is 1. The highest BCUT2D eigenvalue weighted by atomic mass is 16.6. The molecule has 0 aliphatic rings. The van der Waals surface area contributed by atoms with E-state index in [2.05, 4.69) is 5.32 Å². The van der Waals surface area contributed by atoms with Crippen molar-refractivity contribution < 1.29 is 14.5 Å². The zero-order valence-electron chi connectivity index (χ0n) is 13.0. The maximum Gasteiger partial charge on any atom is 0.273 e. The number of hydrogen-bond acceptors (Lipinski definition) is 4. The molecule has 120 valence electrons. The van der Waals surface area contributed by atoms with Crippen molar-refractivity contribution in [2.75, 3.05) is 13.7 Å². The van der Waals surface area contributed by atoms with Gasteiger partial charge in [0.2, 0.25) is 0 Å². The van der Waals surface area contributed by atoms with Gasteiger partial charge in [-0.05, 0) is 31.0 Å². The molecule has 1 N–H and O–H groups in total. The van der Waals surface area contributed by atoms with E-state index in [0.717, 1.165) is 11.3 Å². The first-order valence-electron chi connectivity index (χ1n) is 7.18. The van der Waals surface area contributed by atoms with E-state index in [0.29, 0.717) is 24.1 Å². The molecule has 6 nitrogen and oxygen atoms in total. The van der Waals surface area contributed by atoms with Crippen LogP contribution in [-0.4, -0.2) is 24.5 Å². The predicted molar refractivity (Wildman–Crippen MR) is 86.9 cm³/mol. The van der Waals surface area contributed by atoms with Gasteiger partial charge in [0.05, 0.1) is 12.0 Å². The lowest BCUT2D eigenvalue weighted by Crippen LogP contribution is -2.26.